The van der Waals surface area contributed by atoms with Crippen molar-refractivity contribution in [2.45, 2.75) is 44.1 Å². The molecular weight excluding hydrogens is 294 g/mol. The average molecular weight is 321 g/mol. The minimum Gasteiger partial charge on any atom is -0.487 e. The van der Waals surface area contributed by atoms with Gasteiger partial charge in [-0.15, -0.1) is 0 Å². The van der Waals surface area contributed by atoms with Gasteiger partial charge in [0, 0.05) is 30.8 Å². The van der Waals surface area contributed by atoms with Crippen molar-refractivity contribution < 1.29 is 4.74 Å². The lowest BCUT2D eigenvalue weighted by atomic mass is 9.90. The van der Waals surface area contributed by atoms with Crippen molar-refractivity contribution in [2.24, 2.45) is 4.99 Å². The van der Waals surface area contributed by atoms with Gasteiger partial charge < -0.3 is 15.4 Å². The van der Waals surface area contributed by atoms with E-state index in [1.807, 2.05) is 30.9 Å². The molecule has 0 fully saturated rings. The van der Waals surface area contributed by atoms with Gasteiger partial charge in [-0.05, 0) is 26.2 Å². The normalized spacial score (nSPS) is 21.5. The number of para-hydroxylation sites is 1. The molecule has 122 valence electrons. The standard InChI is InChI=1S/C17H27N3OS/c1-12(22-5)11-19-16(18-4)20-14-10-17(2,3)21-15-9-7-6-8-13(14)15/h6-9,12,14H,10-11H2,1-5H3,(H2,18,19,20). The van der Waals surface area contributed by atoms with E-state index in [2.05, 4.69) is 54.8 Å². The second-order valence-corrected chi connectivity index (χ2v) is 7.58. The molecule has 2 unspecified atom stereocenters. The Labute approximate surface area is 138 Å². The maximum Gasteiger partial charge on any atom is 0.191 e. The van der Waals surface area contributed by atoms with Crippen molar-refractivity contribution >= 4 is 17.7 Å². The lowest BCUT2D eigenvalue weighted by molar-refractivity contribution is 0.0694. The molecule has 4 nitrogen and oxygen atoms in total. The van der Waals surface area contributed by atoms with E-state index < -0.39 is 0 Å². The summed E-state index contributed by atoms with van der Waals surface area (Å²) in [6, 6.07) is 8.44. The number of guanidine groups is 1. The third-order valence-electron chi connectivity index (χ3n) is 3.87. The van der Waals surface area contributed by atoms with Crippen LogP contribution >= 0.6 is 11.8 Å². The van der Waals surface area contributed by atoms with Crippen molar-refractivity contribution in [1.29, 1.82) is 0 Å². The van der Waals surface area contributed by atoms with Gasteiger partial charge in [-0.25, -0.2) is 0 Å². The van der Waals surface area contributed by atoms with Gasteiger partial charge in [0.2, 0.25) is 0 Å². The molecule has 22 heavy (non-hydrogen) atoms. The Bertz CT molecular complexity index is 530. The van der Waals surface area contributed by atoms with Gasteiger partial charge in [0.15, 0.2) is 5.96 Å². The first kappa shape index (κ1) is 17.0. The van der Waals surface area contributed by atoms with Gasteiger partial charge in [-0.1, -0.05) is 25.1 Å². The fourth-order valence-electron chi connectivity index (χ4n) is 2.61. The maximum atomic E-state index is 6.08. The summed E-state index contributed by atoms with van der Waals surface area (Å²) < 4.78 is 6.08. The predicted molar refractivity (Wildman–Crippen MR) is 96.0 cm³/mol. The smallest absolute Gasteiger partial charge is 0.191 e. The first-order valence-corrected chi connectivity index (χ1v) is 9.02. The van der Waals surface area contributed by atoms with Gasteiger partial charge in [0.25, 0.3) is 0 Å². The van der Waals surface area contributed by atoms with Crippen LogP contribution < -0.4 is 15.4 Å². The number of aliphatic imine (C=N–C) groups is 1. The monoisotopic (exact) mass is 321 g/mol. The number of nitrogens with one attached hydrogen (secondary N) is 2. The highest BCUT2D eigenvalue weighted by Gasteiger charge is 2.33. The van der Waals surface area contributed by atoms with Crippen LogP contribution in [0.2, 0.25) is 0 Å². The molecule has 2 rings (SSSR count). The van der Waals surface area contributed by atoms with Gasteiger partial charge >= 0.3 is 0 Å². The fourth-order valence-corrected chi connectivity index (χ4v) is 2.86. The minimum atomic E-state index is -0.183. The van der Waals surface area contributed by atoms with E-state index in [4.69, 9.17) is 4.74 Å². The second-order valence-electron chi connectivity index (χ2n) is 6.30. The van der Waals surface area contributed by atoms with Crippen LogP contribution in [0, 0.1) is 0 Å². The van der Waals surface area contributed by atoms with Crippen LogP contribution in [0.5, 0.6) is 5.75 Å². The fraction of sp³-hybridized carbons (Fsp3) is 0.588. The summed E-state index contributed by atoms with van der Waals surface area (Å²) >= 11 is 1.85. The molecule has 0 spiro atoms. The zero-order chi connectivity index (χ0) is 16.2. The van der Waals surface area contributed by atoms with Crippen molar-refractivity contribution in [3.05, 3.63) is 29.8 Å². The molecule has 1 aromatic carbocycles. The van der Waals surface area contributed by atoms with Crippen LogP contribution in [0.1, 0.15) is 38.8 Å². The largest absolute Gasteiger partial charge is 0.487 e. The number of thioether (sulfide) groups is 1. The number of ether oxygens (including phenoxy) is 1. The van der Waals surface area contributed by atoms with E-state index in [1.54, 1.807) is 0 Å². The molecule has 0 radical (unpaired) electrons. The van der Waals surface area contributed by atoms with Gasteiger partial charge in [-0.3, -0.25) is 4.99 Å². The van der Waals surface area contributed by atoms with Gasteiger partial charge in [0.1, 0.15) is 11.4 Å². The van der Waals surface area contributed by atoms with Crippen LogP contribution in [0.25, 0.3) is 0 Å². The van der Waals surface area contributed by atoms with Crippen molar-refractivity contribution in [3.63, 3.8) is 0 Å². The van der Waals surface area contributed by atoms with Crippen LogP contribution in [0.15, 0.2) is 29.3 Å². The van der Waals surface area contributed by atoms with Crippen LogP contribution in [-0.4, -0.2) is 36.7 Å². The SMILES string of the molecule is CN=C(NCC(C)SC)NC1CC(C)(C)Oc2ccccc21. The molecule has 5 heteroatoms. The zero-order valence-electron chi connectivity index (χ0n) is 14.1. The average Bonchev–Trinajstić information content (AvgIpc) is 2.49. The molecule has 0 bridgehead atoms. The summed E-state index contributed by atoms with van der Waals surface area (Å²) in [5.41, 5.74) is 1.01. The van der Waals surface area contributed by atoms with E-state index in [-0.39, 0.29) is 11.6 Å². The maximum absolute atomic E-state index is 6.08. The number of rotatable bonds is 4. The number of hydrogen-bond donors (Lipinski definition) is 2. The van der Waals surface area contributed by atoms with E-state index in [0.29, 0.717) is 5.25 Å². The number of fused-ring (bicyclic) bond motifs is 1. The number of hydrogen-bond acceptors (Lipinski definition) is 3. The summed E-state index contributed by atoms with van der Waals surface area (Å²) in [5, 5.41) is 7.50. The van der Waals surface area contributed by atoms with Gasteiger partial charge in [-0.2, -0.15) is 11.8 Å². The molecule has 0 saturated heterocycles. The number of benzene rings is 1. The first-order valence-electron chi connectivity index (χ1n) is 7.73. The van der Waals surface area contributed by atoms with Crippen LogP contribution in [-0.2, 0) is 0 Å². The van der Waals surface area contributed by atoms with Gasteiger partial charge in [0.05, 0.1) is 6.04 Å². The molecule has 0 saturated carbocycles. The molecule has 2 atom stereocenters. The Hall–Kier alpha value is -1.36. The van der Waals surface area contributed by atoms with Crippen molar-refractivity contribution in [1.82, 2.24) is 10.6 Å². The lowest BCUT2D eigenvalue weighted by Gasteiger charge is -2.38. The Morgan fingerprint density at radius 3 is 2.86 bits per heavy atom. The highest BCUT2D eigenvalue weighted by atomic mass is 32.2. The van der Waals surface area contributed by atoms with Crippen LogP contribution in [0.4, 0.5) is 0 Å². The van der Waals surface area contributed by atoms with Crippen LogP contribution in [0.3, 0.4) is 0 Å². The molecule has 1 heterocycles. The summed E-state index contributed by atoms with van der Waals surface area (Å²) in [4.78, 5) is 4.35. The highest BCUT2D eigenvalue weighted by Crippen LogP contribution is 2.39. The Morgan fingerprint density at radius 2 is 2.18 bits per heavy atom. The Morgan fingerprint density at radius 1 is 1.45 bits per heavy atom. The second kappa shape index (κ2) is 7.27. The third kappa shape index (κ3) is 4.32. The molecule has 1 aromatic rings. The molecular formula is C17H27N3OS. The minimum absolute atomic E-state index is 0.183. The van der Waals surface area contributed by atoms with E-state index >= 15 is 0 Å². The third-order valence-corrected chi connectivity index (χ3v) is 4.84. The zero-order valence-corrected chi connectivity index (χ0v) is 15.0. The molecule has 0 aliphatic carbocycles. The quantitative estimate of drug-likeness (QED) is 0.660. The summed E-state index contributed by atoms with van der Waals surface area (Å²) in [6.07, 6.45) is 3.03. The molecule has 2 N–H and O–H groups in total. The molecule has 0 aromatic heterocycles. The first-order chi connectivity index (χ1) is 10.4. The van der Waals surface area contributed by atoms with Crippen molar-refractivity contribution in [2.75, 3.05) is 19.8 Å². The summed E-state index contributed by atoms with van der Waals surface area (Å²) in [5.74, 6) is 1.81. The van der Waals surface area contributed by atoms with E-state index in [9.17, 15) is 0 Å². The predicted octanol–water partition coefficient (Wildman–Crippen LogP) is 3.21. The molecule has 0 amide bonds. The van der Waals surface area contributed by atoms with Crippen molar-refractivity contribution in [3.8, 4) is 5.75 Å². The highest BCUT2D eigenvalue weighted by molar-refractivity contribution is 7.99. The Balaban J connectivity index is 2.10. The Kier molecular flexibility index (Phi) is 5.62. The molecule has 1 aliphatic heterocycles. The topological polar surface area (TPSA) is 45.7 Å². The number of nitrogens with zero attached hydrogens (tertiary/aromatic N) is 1. The van der Waals surface area contributed by atoms with E-state index in [0.717, 1.165) is 24.7 Å². The lowest BCUT2D eigenvalue weighted by Crippen LogP contribution is -2.46. The van der Waals surface area contributed by atoms with E-state index in [1.165, 1.54) is 5.56 Å². The summed E-state index contributed by atoms with van der Waals surface area (Å²) in [6.45, 7) is 7.36. The summed E-state index contributed by atoms with van der Waals surface area (Å²) in [7, 11) is 1.81. The molecule has 1 aliphatic rings.